The molecule has 1 fully saturated rings. The first-order chi connectivity index (χ1) is 11.5. The number of hydrogen-bond donors (Lipinski definition) is 5. The van der Waals surface area contributed by atoms with Crippen molar-refractivity contribution in [1.29, 1.82) is 0 Å². The van der Waals surface area contributed by atoms with Crippen molar-refractivity contribution >= 4 is 17.6 Å². The number of rotatable bonds is 6. The molecule has 0 radical (unpaired) electrons. The van der Waals surface area contributed by atoms with Crippen molar-refractivity contribution in [3.05, 3.63) is 24.2 Å². The average Bonchev–Trinajstić information content (AvgIpc) is 3.09. The molecule has 5 N–H and O–H groups in total. The molecule has 0 bridgehead atoms. The van der Waals surface area contributed by atoms with E-state index in [4.69, 9.17) is 20.8 Å². The second kappa shape index (κ2) is 8.65. The van der Waals surface area contributed by atoms with E-state index in [2.05, 4.69) is 5.32 Å². The summed E-state index contributed by atoms with van der Waals surface area (Å²) in [5.74, 6) is 0.614. The molecule has 136 valence electrons. The number of alkyl halides is 1. The van der Waals surface area contributed by atoms with Crippen LogP contribution in [0.3, 0.4) is 0 Å². The van der Waals surface area contributed by atoms with Crippen LogP contribution in [0.1, 0.15) is 5.76 Å². The van der Waals surface area contributed by atoms with E-state index in [0.717, 1.165) is 4.90 Å². The number of furan rings is 1. The van der Waals surface area contributed by atoms with Gasteiger partial charge in [0.2, 0.25) is 0 Å². The predicted octanol–water partition coefficient (Wildman–Crippen LogP) is -1.17. The largest absolute Gasteiger partial charge is 0.467 e. The quantitative estimate of drug-likeness (QED) is 0.401. The lowest BCUT2D eigenvalue weighted by Gasteiger charge is -2.44. The molecule has 1 aliphatic rings. The second-order valence-electron chi connectivity index (χ2n) is 5.35. The number of nitrogens with one attached hydrogen (secondary N) is 1. The van der Waals surface area contributed by atoms with Crippen molar-refractivity contribution in [3.63, 3.8) is 0 Å². The molecule has 1 aliphatic heterocycles. The van der Waals surface area contributed by atoms with Crippen LogP contribution in [-0.4, -0.2) is 81.0 Å². The molecule has 2 amide bonds. The van der Waals surface area contributed by atoms with Gasteiger partial charge in [0.05, 0.1) is 19.4 Å². The van der Waals surface area contributed by atoms with Crippen LogP contribution in [0.25, 0.3) is 0 Å². The van der Waals surface area contributed by atoms with Crippen molar-refractivity contribution in [3.8, 4) is 0 Å². The minimum absolute atomic E-state index is 0.0518. The Hall–Kier alpha value is -1.36. The van der Waals surface area contributed by atoms with Crippen molar-refractivity contribution < 1.29 is 34.4 Å². The van der Waals surface area contributed by atoms with Crippen molar-refractivity contribution in [2.45, 2.75) is 37.2 Å². The molecule has 1 saturated heterocycles. The fourth-order valence-corrected chi connectivity index (χ4v) is 2.54. The van der Waals surface area contributed by atoms with Crippen LogP contribution in [-0.2, 0) is 11.3 Å². The summed E-state index contributed by atoms with van der Waals surface area (Å²) in [4.78, 5) is 13.5. The van der Waals surface area contributed by atoms with Gasteiger partial charge in [-0.3, -0.25) is 4.90 Å². The maximum Gasteiger partial charge on any atom is 0.319 e. The van der Waals surface area contributed by atoms with Crippen LogP contribution in [0, 0.1) is 0 Å². The zero-order chi connectivity index (χ0) is 17.7. The first kappa shape index (κ1) is 19.0. The lowest BCUT2D eigenvalue weighted by molar-refractivity contribution is -0.258. The van der Waals surface area contributed by atoms with E-state index in [0.29, 0.717) is 5.76 Å². The van der Waals surface area contributed by atoms with E-state index < -0.39 is 43.3 Å². The van der Waals surface area contributed by atoms with Gasteiger partial charge in [-0.15, -0.1) is 11.6 Å². The minimum atomic E-state index is -1.58. The Morgan fingerprint density at radius 3 is 2.62 bits per heavy atom. The Labute approximate surface area is 143 Å². The van der Waals surface area contributed by atoms with Gasteiger partial charge in [0.1, 0.15) is 30.2 Å². The van der Waals surface area contributed by atoms with Gasteiger partial charge in [-0.1, -0.05) is 0 Å². The summed E-state index contributed by atoms with van der Waals surface area (Å²) in [6.45, 7) is -0.449. The summed E-state index contributed by atoms with van der Waals surface area (Å²) in [5, 5.41) is 41.8. The maximum absolute atomic E-state index is 12.4. The SMILES string of the molecule is O=C(NCCCl)N(Cc1ccco1)[C@@H]1O[C@H](CO)[C@H](O)[C@H](O)[C@H]1O. The van der Waals surface area contributed by atoms with E-state index >= 15 is 0 Å². The molecule has 2 rings (SSSR count). The van der Waals surface area contributed by atoms with Gasteiger partial charge in [0, 0.05) is 12.4 Å². The number of ether oxygens (including phenoxy) is 1. The maximum atomic E-state index is 12.4. The molecule has 0 spiro atoms. The first-order valence-electron chi connectivity index (χ1n) is 7.43. The summed E-state index contributed by atoms with van der Waals surface area (Å²) >= 11 is 5.56. The van der Waals surface area contributed by atoms with Crippen LogP contribution < -0.4 is 5.32 Å². The number of nitrogens with zero attached hydrogens (tertiary/aromatic N) is 1. The van der Waals surface area contributed by atoms with E-state index in [1.807, 2.05) is 0 Å². The lowest BCUT2D eigenvalue weighted by Crippen LogP contribution is -2.64. The van der Waals surface area contributed by atoms with Crippen LogP contribution in [0.2, 0.25) is 0 Å². The molecule has 5 atom stereocenters. The van der Waals surface area contributed by atoms with Crippen LogP contribution >= 0.6 is 11.6 Å². The van der Waals surface area contributed by atoms with Crippen molar-refractivity contribution in [2.75, 3.05) is 19.0 Å². The van der Waals surface area contributed by atoms with E-state index in [1.165, 1.54) is 6.26 Å². The molecule has 0 unspecified atom stereocenters. The fourth-order valence-electron chi connectivity index (χ4n) is 2.44. The third kappa shape index (κ3) is 4.18. The Bertz CT molecular complexity index is 513. The number of urea groups is 1. The predicted molar refractivity (Wildman–Crippen MR) is 82.1 cm³/mol. The van der Waals surface area contributed by atoms with Gasteiger partial charge in [-0.25, -0.2) is 4.79 Å². The standard InChI is InChI=1S/C14H21ClN2O7/c15-3-4-16-14(22)17(6-8-2-1-5-23-8)13-12(21)11(20)10(19)9(7-18)24-13/h1-2,5,9-13,18-21H,3-4,6-7H2,(H,16,22)/t9-,10+,11+,12-,13-/m1/s1. The number of hydrogen-bond acceptors (Lipinski definition) is 7. The Morgan fingerprint density at radius 2 is 2.04 bits per heavy atom. The monoisotopic (exact) mass is 364 g/mol. The molecule has 0 saturated carbocycles. The average molecular weight is 365 g/mol. The molecular weight excluding hydrogens is 344 g/mol. The second-order valence-corrected chi connectivity index (χ2v) is 5.73. The van der Waals surface area contributed by atoms with Gasteiger partial charge < -0.3 is 34.9 Å². The van der Waals surface area contributed by atoms with Gasteiger partial charge in [0.25, 0.3) is 0 Å². The number of carbonyl (C=O) groups excluding carboxylic acids is 1. The summed E-state index contributed by atoms with van der Waals surface area (Å²) in [6.07, 6.45) is -5.63. The third-order valence-corrected chi connectivity index (χ3v) is 3.90. The molecular formula is C14H21ClN2O7. The normalized spacial score (nSPS) is 30.1. The zero-order valence-electron chi connectivity index (χ0n) is 12.8. The van der Waals surface area contributed by atoms with Gasteiger partial charge in [-0.05, 0) is 12.1 Å². The number of carbonyl (C=O) groups is 1. The molecule has 2 heterocycles. The van der Waals surface area contributed by atoms with E-state index in [-0.39, 0.29) is 19.0 Å². The van der Waals surface area contributed by atoms with E-state index in [1.54, 1.807) is 12.1 Å². The van der Waals surface area contributed by atoms with E-state index in [9.17, 15) is 25.2 Å². The zero-order valence-corrected chi connectivity index (χ0v) is 13.5. The Balaban J connectivity index is 2.21. The number of halogens is 1. The molecule has 0 aromatic carbocycles. The molecule has 1 aromatic rings. The topological polar surface area (TPSA) is 136 Å². The van der Waals surface area contributed by atoms with Crippen LogP contribution in [0.4, 0.5) is 4.79 Å². The highest BCUT2D eigenvalue weighted by molar-refractivity contribution is 6.18. The number of amides is 2. The molecule has 9 nitrogen and oxygen atoms in total. The highest BCUT2D eigenvalue weighted by Gasteiger charge is 2.47. The number of aliphatic hydroxyl groups excluding tert-OH is 4. The highest BCUT2D eigenvalue weighted by atomic mass is 35.5. The fraction of sp³-hybridized carbons (Fsp3) is 0.643. The molecule has 0 aliphatic carbocycles. The van der Waals surface area contributed by atoms with Gasteiger partial charge in [-0.2, -0.15) is 0 Å². The van der Waals surface area contributed by atoms with Crippen molar-refractivity contribution in [2.24, 2.45) is 0 Å². The molecule has 10 heteroatoms. The summed E-state index contributed by atoms with van der Waals surface area (Å²) in [7, 11) is 0. The highest BCUT2D eigenvalue weighted by Crippen LogP contribution is 2.25. The smallest absolute Gasteiger partial charge is 0.319 e. The minimum Gasteiger partial charge on any atom is -0.467 e. The molecule has 1 aromatic heterocycles. The Morgan fingerprint density at radius 1 is 1.29 bits per heavy atom. The summed E-state index contributed by atoms with van der Waals surface area (Å²) in [6, 6.07) is 2.67. The summed E-state index contributed by atoms with van der Waals surface area (Å²) < 4.78 is 10.6. The van der Waals surface area contributed by atoms with Crippen LogP contribution in [0.15, 0.2) is 22.8 Å². The summed E-state index contributed by atoms with van der Waals surface area (Å²) in [5.41, 5.74) is 0. The Kier molecular flexibility index (Phi) is 6.84. The third-order valence-electron chi connectivity index (χ3n) is 3.71. The van der Waals surface area contributed by atoms with Crippen LogP contribution in [0.5, 0.6) is 0 Å². The first-order valence-corrected chi connectivity index (χ1v) is 7.96. The number of aliphatic hydroxyl groups is 4. The van der Waals surface area contributed by atoms with Gasteiger partial charge >= 0.3 is 6.03 Å². The molecule has 24 heavy (non-hydrogen) atoms. The lowest BCUT2D eigenvalue weighted by atomic mass is 9.98. The van der Waals surface area contributed by atoms with Crippen molar-refractivity contribution in [1.82, 2.24) is 10.2 Å². The van der Waals surface area contributed by atoms with Gasteiger partial charge in [0.15, 0.2) is 6.23 Å².